The number of pyridine rings is 1. The second-order valence-corrected chi connectivity index (χ2v) is 3.83. The van der Waals surface area contributed by atoms with E-state index in [1.807, 2.05) is 0 Å². The monoisotopic (exact) mass is 263 g/mol. The molecule has 0 amide bonds. The number of benzene rings is 1. The van der Waals surface area contributed by atoms with Gasteiger partial charge in [0.05, 0.1) is 17.7 Å². The predicted molar refractivity (Wildman–Crippen MR) is 67.1 cm³/mol. The summed E-state index contributed by atoms with van der Waals surface area (Å²) < 4.78 is 10.2. The number of nitrogens with zero attached hydrogens (tertiary/aromatic N) is 1. The number of rotatable bonds is 3. The molecule has 0 atom stereocenters. The molecule has 0 saturated carbocycles. The number of carbonyl (C=O) groups excluding carboxylic acids is 1. The lowest BCUT2D eigenvalue weighted by Gasteiger charge is -2.07. The van der Waals surface area contributed by atoms with E-state index in [1.54, 1.807) is 42.7 Å². The zero-order valence-corrected chi connectivity index (χ0v) is 10.3. The van der Waals surface area contributed by atoms with Gasteiger partial charge in [-0.2, -0.15) is 0 Å². The molecule has 0 spiro atoms. The third-order valence-electron chi connectivity index (χ3n) is 2.23. The molecule has 0 bridgehead atoms. The number of ether oxygens (including phenoxy) is 2. The van der Waals surface area contributed by atoms with E-state index in [0.717, 1.165) is 0 Å². The Labute approximate surface area is 109 Å². The minimum Gasteiger partial charge on any atom is -0.465 e. The van der Waals surface area contributed by atoms with Crippen LogP contribution in [0.15, 0.2) is 42.7 Å². The standard InChI is InChI=1S/C13H10ClNO3/c1-17-13(16)11-3-2-10(8-12(11)14)18-9-4-6-15-7-5-9/h2-8H,1H3. The quantitative estimate of drug-likeness (QED) is 0.797. The summed E-state index contributed by atoms with van der Waals surface area (Å²) in [6.07, 6.45) is 3.25. The minimum absolute atomic E-state index is 0.286. The Morgan fingerprint density at radius 2 is 1.89 bits per heavy atom. The molecule has 1 aromatic carbocycles. The summed E-state index contributed by atoms with van der Waals surface area (Å²) in [6, 6.07) is 8.22. The molecule has 18 heavy (non-hydrogen) atoms. The summed E-state index contributed by atoms with van der Waals surface area (Å²) in [6.45, 7) is 0. The van der Waals surface area contributed by atoms with Crippen LogP contribution in [-0.2, 0) is 4.74 Å². The highest BCUT2D eigenvalue weighted by molar-refractivity contribution is 6.33. The molecule has 4 nitrogen and oxygen atoms in total. The van der Waals surface area contributed by atoms with E-state index in [0.29, 0.717) is 17.1 Å². The van der Waals surface area contributed by atoms with E-state index in [9.17, 15) is 4.79 Å². The van der Waals surface area contributed by atoms with Crippen molar-refractivity contribution < 1.29 is 14.3 Å². The molecule has 1 aromatic heterocycles. The Balaban J connectivity index is 2.22. The van der Waals surface area contributed by atoms with Crippen LogP contribution in [0.1, 0.15) is 10.4 Å². The van der Waals surface area contributed by atoms with Gasteiger partial charge in [-0.25, -0.2) is 4.79 Å². The second kappa shape index (κ2) is 5.51. The minimum atomic E-state index is -0.476. The van der Waals surface area contributed by atoms with E-state index >= 15 is 0 Å². The second-order valence-electron chi connectivity index (χ2n) is 3.42. The van der Waals surface area contributed by atoms with Gasteiger partial charge in [-0.05, 0) is 24.3 Å². The zero-order chi connectivity index (χ0) is 13.0. The first-order valence-corrected chi connectivity index (χ1v) is 5.54. The van der Waals surface area contributed by atoms with Crippen molar-refractivity contribution in [2.24, 2.45) is 0 Å². The fraction of sp³-hybridized carbons (Fsp3) is 0.0769. The van der Waals surface area contributed by atoms with Crippen molar-refractivity contribution in [2.45, 2.75) is 0 Å². The highest BCUT2D eigenvalue weighted by atomic mass is 35.5. The largest absolute Gasteiger partial charge is 0.465 e. The lowest BCUT2D eigenvalue weighted by molar-refractivity contribution is 0.0601. The van der Waals surface area contributed by atoms with Crippen molar-refractivity contribution in [1.82, 2.24) is 4.98 Å². The van der Waals surface area contributed by atoms with E-state index in [1.165, 1.54) is 7.11 Å². The first-order chi connectivity index (χ1) is 8.70. The number of hydrogen-bond donors (Lipinski definition) is 0. The van der Waals surface area contributed by atoms with Crippen LogP contribution in [0.3, 0.4) is 0 Å². The molecule has 0 fully saturated rings. The summed E-state index contributed by atoms with van der Waals surface area (Å²) >= 11 is 5.98. The van der Waals surface area contributed by atoms with Crippen LogP contribution in [0, 0.1) is 0 Å². The number of hydrogen-bond acceptors (Lipinski definition) is 4. The van der Waals surface area contributed by atoms with E-state index in [-0.39, 0.29) is 5.02 Å². The number of aromatic nitrogens is 1. The first kappa shape index (κ1) is 12.4. The Kier molecular flexibility index (Phi) is 3.79. The van der Waals surface area contributed by atoms with E-state index in [2.05, 4.69) is 9.72 Å². The maximum absolute atomic E-state index is 11.3. The SMILES string of the molecule is COC(=O)c1ccc(Oc2ccncc2)cc1Cl. The van der Waals surface area contributed by atoms with Gasteiger partial charge < -0.3 is 9.47 Å². The van der Waals surface area contributed by atoms with Gasteiger partial charge in [-0.1, -0.05) is 11.6 Å². The zero-order valence-electron chi connectivity index (χ0n) is 9.59. The number of carbonyl (C=O) groups is 1. The average Bonchev–Trinajstić information content (AvgIpc) is 2.39. The normalized spacial score (nSPS) is 9.89. The molecule has 0 N–H and O–H groups in total. The fourth-order valence-electron chi connectivity index (χ4n) is 1.38. The van der Waals surface area contributed by atoms with Gasteiger partial charge in [0, 0.05) is 18.5 Å². The molecule has 0 aliphatic heterocycles. The topological polar surface area (TPSA) is 48.4 Å². The average molecular weight is 264 g/mol. The molecule has 2 rings (SSSR count). The summed E-state index contributed by atoms with van der Waals surface area (Å²) in [7, 11) is 1.31. The van der Waals surface area contributed by atoms with Crippen LogP contribution in [0.5, 0.6) is 11.5 Å². The van der Waals surface area contributed by atoms with Crippen LogP contribution in [-0.4, -0.2) is 18.1 Å². The summed E-state index contributed by atoms with van der Waals surface area (Å²) in [5, 5.41) is 0.286. The molecule has 2 aromatic rings. The molecule has 0 aliphatic rings. The summed E-state index contributed by atoms with van der Waals surface area (Å²) in [5.74, 6) is 0.709. The smallest absolute Gasteiger partial charge is 0.339 e. The summed E-state index contributed by atoms with van der Waals surface area (Å²) in [5.41, 5.74) is 0.307. The van der Waals surface area contributed by atoms with Crippen LogP contribution in [0.4, 0.5) is 0 Å². The van der Waals surface area contributed by atoms with Crippen molar-refractivity contribution in [3.8, 4) is 11.5 Å². The molecule has 0 aliphatic carbocycles. The van der Waals surface area contributed by atoms with Crippen molar-refractivity contribution in [3.63, 3.8) is 0 Å². The molecule has 1 heterocycles. The van der Waals surface area contributed by atoms with Gasteiger partial charge in [-0.15, -0.1) is 0 Å². The van der Waals surface area contributed by atoms with Crippen LogP contribution in [0.2, 0.25) is 5.02 Å². The van der Waals surface area contributed by atoms with Gasteiger partial charge in [0.2, 0.25) is 0 Å². The Bertz CT molecular complexity index is 557. The lowest BCUT2D eigenvalue weighted by Crippen LogP contribution is -2.01. The molecule has 0 radical (unpaired) electrons. The maximum atomic E-state index is 11.3. The van der Waals surface area contributed by atoms with Crippen LogP contribution < -0.4 is 4.74 Å². The van der Waals surface area contributed by atoms with Crippen molar-refractivity contribution in [1.29, 1.82) is 0 Å². The highest BCUT2D eigenvalue weighted by Gasteiger charge is 2.11. The molecule has 0 unspecified atom stereocenters. The molecule has 0 saturated heterocycles. The van der Waals surface area contributed by atoms with Gasteiger partial charge in [0.15, 0.2) is 0 Å². The third kappa shape index (κ3) is 2.78. The Morgan fingerprint density at radius 1 is 1.17 bits per heavy atom. The predicted octanol–water partition coefficient (Wildman–Crippen LogP) is 3.31. The Hall–Kier alpha value is -2.07. The van der Waals surface area contributed by atoms with Crippen molar-refractivity contribution >= 4 is 17.6 Å². The van der Waals surface area contributed by atoms with Gasteiger partial charge in [0.1, 0.15) is 11.5 Å². The number of methoxy groups -OCH3 is 1. The van der Waals surface area contributed by atoms with E-state index in [4.69, 9.17) is 16.3 Å². The fourth-order valence-corrected chi connectivity index (χ4v) is 1.62. The van der Waals surface area contributed by atoms with Crippen molar-refractivity contribution in [2.75, 3.05) is 7.11 Å². The summed E-state index contributed by atoms with van der Waals surface area (Å²) in [4.78, 5) is 15.2. The van der Waals surface area contributed by atoms with E-state index < -0.39 is 5.97 Å². The number of esters is 1. The van der Waals surface area contributed by atoms with Crippen molar-refractivity contribution in [3.05, 3.63) is 53.3 Å². The molecule has 92 valence electrons. The van der Waals surface area contributed by atoms with Gasteiger partial charge in [0.25, 0.3) is 0 Å². The lowest BCUT2D eigenvalue weighted by atomic mass is 10.2. The third-order valence-corrected chi connectivity index (χ3v) is 2.54. The van der Waals surface area contributed by atoms with Crippen LogP contribution >= 0.6 is 11.6 Å². The van der Waals surface area contributed by atoms with Crippen LogP contribution in [0.25, 0.3) is 0 Å². The molecular formula is C13H10ClNO3. The maximum Gasteiger partial charge on any atom is 0.339 e. The number of halogens is 1. The first-order valence-electron chi connectivity index (χ1n) is 5.16. The molecule has 5 heteroatoms. The van der Waals surface area contributed by atoms with Gasteiger partial charge >= 0.3 is 5.97 Å². The highest BCUT2D eigenvalue weighted by Crippen LogP contribution is 2.26. The molecular weight excluding hydrogens is 254 g/mol. The van der Waals surface area contributed by atoms with Gasteiger partial charge in [-0.3, -0.25) is 4.98 Å². The Morgan fingerprint density at radius 3 is 2.50 bits per heavy atom.